The number of para-hydroxylation sites is 1. The first-order valence-corrected chi connectivity index (χ1v) is 7.87. The number of anilines is 1. The van der Waals surface area contributed by atoms with E-state index in [0.717, 1.165) is 30.1 Å². The van der Waals surface area contributed by atoms with Crippen LogP contribution in [0.3, 0.4) is 0 Å². The van der Waals surface area contributed by atoms with Gasteiger partial charge in [0, 0.05) is 18.3 Å². The summed E-state index contributed by atoms with van der Waals surface area (Å²) in [6.45, 7) is 1.31. The van der Waals surface area contributed by atoms with Gasteiger partial charge >= 0.3 is 0 Å². The number of nitrogens with one attached hydrogen (secondary N) is 1. The monoisotopic (exact) mass is 316 g/mol. The first-order valence-electron chi connectivity index (χ1n) is 7.87. The van der Waals surface area contributed by atoms with E-state index in [9.17, 15) is 5.26 Å². The molecule has 0 bridgehead atoms. The molecule has 1 aliphatic rings. The van der Waals surface area contributed by atoms with Crippen LogP contribution in [0, 0.1) is 11.3 Å². The van der Waals surface area contributed by atoms with E-state index >= 15 is 0 Å². The van der Waals surface area contributed by atoms with Crippen molar-refractivity contribution in [1.29, 1.82) is 5.26 Å². The highest BCUT2D eigenvalue weighted by molar-refractivity contribution is 5.57. The Balaban J connectivity index is 1.53. The summed E-state index contributed by atoms with van der Waals surface area (Å²) in [6.07, 6.45) is 1.02. The maximum atomic E-state index is 9.33. The molecule has 0 fully saturated rings. The summed E-state index contributed by atoms with van der Waals surface area (Å²) in [6, 6.07) is 19.6. The van der Waals surface area contributed by atoms with Crippen LogP contribution in [0.5, 0.6) is 5.75 Å². The molecule has 2 heterocycles. The van der Waals surface area contributed by atoms with Gasteiger partial charge in [-0.3, -0.25) is 0 Å². The molecule has 0 aliphatic carbocycles. The summed E-state index contributed by atoms with van der Waals surface area (Å²) in [5, 5.41) is 17.2. The van der Waals surface area contributed by atoms with Gasteiger partial charge in [-0.05, 0) is 42.3 Å². The predicted octanol–water partition coefficient (Wildman–Crippen LogP) is 3.29. The second-order valence-corrected chi connectivity index (χ2v) is 5.66. The van der Waals surface area contributed by atoms with Gasteiger partial charge in [-0.1, -0.05) is 18.2 Å². The van der Waals surface area contributed by atoms with Crippen molar-refractivity contribution in [3.8, 4) is 17.5 Å². The van der Waals surface area contributed by atoms with Crippen LogP contribution in [-0.2, 0) is 13.0 Å². The number of aromatic nitrogens is 2. The van der Waals surface area contributed by atoms with Crippen molar-refractivity contribution in [2.75, 3.05) is 11.9 Å². The zero-order valence-corrected chi connectivity index (χ0v) is 13.1. The quantitative estimate of drug-likeness (QED) is 0.802. The largest absolute Gasteiger partial charge is 0.487 e. The van der Waals surface area contributed by atoms with Crippen molar-refractivity contribution >= 4 is 5.69 Å². The van der Waals surface area contributed by atoms with Gasteiger partial charge in [0.25, 0.3) is 0 Å². The molecule has 118 valence electrons. The molecule has 0 amide bonds. The van der Waals surface area contributed by atoms with Crippen LogP contribution in [-0.4, -0.2) is 16.3 Å². The first-order chi connectivity index (χ1) is 11.8. The fraction of sp³-hybridized carbons (Fsp3) is 0.158. The van der Waals surface area contributed by atoms with Gasteiger partial charge in [0.1, 0.15) is 29.8 Å². The van der Waals surface area contributed by atoms with E-state index < -0.39 is 0 Å². The number of benzene rings is 2. The van der Waals surface area contributed by atoms with Crippen molar-refractivity contribution < 1.29 is 4.74 Å². The van der Waals surface area contributed by atoms with E-state index in [1.165, 1.54) is 11.3 Å². The molecular formula is C19H16N4O. The van der Waals surface area contributed by atoms with E-state index in [1.54, 1.807) is 10.7 Å². The fourth-order valence-electron chi connectivity index (χ4n) is 2.87. The Bertz CT molecular complexity index is 909. The van der Waals surface area contributed by atoms with Gasteiger partial charge in [0.05, 0.1) is 5.69 Å². The van der Waals surface area contributed by atoms with E-state index in [0.29, 0.717) is 12.3 Å². The maximum absolute atomic E-state index is 9.33. The lowest BCUT2D eigenvalue weighted by molar-refractivity contribution is 0.300. The normalized spacial score (nSPS) is 12.3. The van der Waals surface area contributed by atoms with Crippen molar-refractivity contribution in [3.05, 3.63) is 71.5 Å². The summed E-state index contributed by atoms with van der Waals surface area (Å²) in [4.78, 5) is 0. The van der Waals surface area contributed by atoms with E-state index in [4.69, 9.17) is 4.74 Å². The minimum atomic E-state index is 0.334. The minimum absolute atomic E-state index is 0.334. The SMILES string of the molecule is N#Cc1cc(COc2ccc3c(c2)CCN3)nn1-c1ccccc1. The highest BCUT2D eigenvalue weighted by atomic mass is 16.5. The molecule has 3 aromatic rings. The lowest BCUT2D eigenvalue weighted by Crippen LogP contribution is -2.01. The third-order valence-electron chi connectivity index (χ3n) is 4.05. The molecular weight excluding hydrogens is 300 g/mol. The Labute approximate surface area is 140 Å². The highest BCUT2D eigenvalue weighted by Gasteiger charge is 2.12. The number of nitrogens with zero attached hydrogens (tertiary/aromatic N) is 3. The van der Waals surface area contributed by atoms with Gasteiger partial charge in [0.2, 0.25) is 0 Å². The number of hydrogen-bond acceptors (Lipinski definition) is 4. The lowest BCUT2D eigenvalue weighted by atomic mass is 10.1. The number of fused-ring (bicyclic) bond motifs is 1. The van der Waals surface area contributed by atoms with Crippen LogP contribution in [0.1, 0.15) is 17.0 Å². The Kier molecular flexibility index (Phi) is 3.64. The van der Waals surface area contributed by atoms with Crippen molar-refractivity contribution in [1.82, 2.24) is 9.78 Å². The summed E-state index contributed by atoms with van der Waals surface area (Å²) in [5.41, 5.74) is 4.55. The Morgan fingerprint density at radius 2 is 2.04 bits per heavy atom. The molecule has 0 radical (unpaired) electrons. The standard InChI is InChI=1S/C19H16N4O/c20-12-17-11-15(22-23(17)16-4-2-1-3-5-16)13-24-18-6-7-19-14(10-18)8-9-21-19/h1-7,10-11,21H,8-9,13H2. The zero-order valence-electron chi connectivity index (χ0n) is 13.1. The summed E-state index contributed by atoms with van der Waals surface area (Å²) >= 11 is 0. The second-order valence-electron chi connectivity index (χ2n) is 5.66. The molecule has 1 aromatic heterocycles. The van der Waals surface area contributed by atoms with Crippen LogP contribution in [0.15, 0.2) is 54.6 Å². The van der Waals surface area contributed by atoms with E-state index in [-0.39, 0.29) is 0 Å². The van der Waals surface area contributed by atoms with Crippen LogP contribution in [0.2, 0.25) is 0 Å². The van der Waals surface area contributed by atoms with Crippen molar-refractivity contribution in [2.24, 2.45) is 0 Å². The summed E-state index contributed by atoms with van der Waals surface area (Å²) in [5.74, 6) is 0.824. The van der Waals surface area contributed by atoms with Gasteiger partial charge in [-0.15, -0.1) is 0 Å². The van der Waals surface area contributed by atoms with E-state index in [2.05, 4.69) is 22.6 Å². The number of hydrogen-bond donors (Lipinski definition) is 1. The molecule has 5 heteroatoms. The molecule has 0 unspecified atom stereocenters. The van der Waals surface area contributed by atoms with Crippen LogP contribution >= 0.6 is 0 Å². The molecule has 5 nitrogen and oxygen atoms in total. The third-order valence-corrected chi connectivity index (χ3v) is 4.05. The van der Waals surface area contributed by atoms with Crippen LogP contribution in [0.25, 0.3) is 5.69 Å². The van der Waals surface area contributed by atoms with Crippen LogP contribution < -0.4 is 10.1 Å². The minimum Gasteiger partial charge on any atom is -0.487 e. The van der Waals surface area contributed by atoms with Gasteiger partial charge in [-0.2, -0.15) is 10.4 Å². The molecule has 0 spiro atoms. The first kappa shape index (κ1) is 14.3. The van der Waals surface area contributed by atoms with E-state index in [1.807, 2.05) is 42.5 Å². The number of ether oxygens (including phenoxy) is 1. The maximum Gasteiger partial charge on any atom is 0.144 e. The molecule has 4 rings (SSSR count). The molecule has 24 heavy (non-hydrogen) atoms. The van der Waals surface area contributed by atoms with Crippen molar-refractivity contribution in [2.45, 2.75) is 13.0 Å². The second kappa shape index (κ2) is 6.09. The topological polar surface area (TPSA) is 62.9 Å². The number of nitriles is 1. The van der Waals surface area contributed by atoms with Gasteiger partial charge in [0.15, 0.2) is 0 Å². The molecule has 1 N–H and O–H groups in total. The van der Waals surface area contributed by atoms with Crippen LogP contribution in [0.4, 0.5) is 5.69 Å². The molecule has 2 aromatic carbocycles. The lowest BCUT2D eigenvalue weighted by Gasteiger charge is -2.06. The summed E-state index contributed by atoms with van der Waals surface area (Å²) < 4.78 is 7.50. The molecule has 0 atom stereocenters. The number of rotatable bonds is 4. The average Bonchev–Trinajstić information content (AvgIpc) is 3.26. The molecule has 1 aliphatic heterocycles. The predicted molar refractivity (Wildman–Crippen MR) is 91.2 cm³/mol. The zero-order chi connectivity index (χ0) is 16.4. The fourth-order valence-corrected chi connectivity index (χ4v) is 2.87. The van der Waals surface area contributed by atoms with Crippen molar-refractivity contribution in [3.63, 3.8) is 0 Å². The highest BCUT2D eigenvalue weighted by Crippen LogP contribution is 2.27. The average molecular weight is 316 g/mol. The third kappa shape index (κ3) is 2.70. The Hall–Kier alpha value is -3.26. The Morgan fingerprint density at radius 3 is 2.88 bits per heavy atom. The summed E-state index contributed by atoms with van der Waals surface area (Å²) in [7, 11) is 0. The molecule has 0 saturated carbocycles. The molecule has 0 saturated heterocycles. The Morgan fingerprint density at radius 1 is 1.17 bits per heavy atom. The van der Waals surface area contributed by atoms with Gasteiger partial charge in [-0.25, -0.2) is 4.68 Å². The smallest absolute Gasteiger partial charge is 0.144 e. The van der Waals surface area contributed by atoms with Gasteiger partial charge < -0.3 is 10.1 Å².